The Balaban J connectivity index is 2.08. The first-order valence-electron chi connectivity index (χ1n) is 10.00. The zero-order valence-corrected chi connectivity index (χ0v) is 18.2. The van der Waals surface area contributed by atoms with Crippen molar-refractivity contribution in [3.8, 4) is 0 Å². The van der Waals surface area contributed by atoms with Crippen molar-refractivity contribution in [3.63, 3.8) is 0 Å². The summed E-state index contributed by atoms with van der Waals surface area (Å²) in [4.78, 5) is 39.3. The van der Waals surface area contributed by atoms with Gasteiger partial charge in [-0.15, -0.1) is 0 Å². The summed E-state index contributed by atoms with van der Waals surface area (Å²) in [5, 5.41) is 2.66. The SMILES string of the molecule is CC/C(C)=C(/NC(=O)[C@@H]1C=CCN1C(=O)OC(C)(C)C)C(=O)OCc1ccccc1. The van der Waals surface area contributed by atoms with Gasteiger partial charge in [-0.1, -0.05) is 49.4 Å². The van der Waals surface area contributed by atoms with E-state index in [-0.39, 0.29) is 18.8 Å². The molecular formula is C23H30N2O5. The van der Waals surface area contributed by atoms with Crippen molar-refractivity contribution in [1.29, 1.82) is 0 Å². The second-order valence-corrected chi connectivity index (χ2v) is 8.07. The third-order valence-electron chi connectivity index (χ3n) is 4.48. The monoisotopic (exact) mass is 414 g/mol. The summed E-state index contributed by atoms with van der Waals surface area (Å²) < 4.78 is 10.8. The highest BCUT2D eigenvalue weighted by atomic mass is 16.6. The molecule has 0 aromatic heterocycles. The number of nitrogens with one attached hydrogen (secondary N) is 1. The number of rotatable bonds is 6. The summed E-state index contributed by atoms with van der Waals surface area (Å²) in [5.74, 6) is -1.11. The van der Waals surface area contributed by atoms with E-state index in [1.165, 1.54) is 4.90 Å². The van der Waals surface area contributed by atoms with Crippen molar-refractivity contribution in [3.05, 3.63) is 59.3 Å². The maximum absolute atomic E-state index is 12.9. The van der Waals surface area contributed by atoms with Crippen LogP contribution in [0.3, 0.4) is 0 Å². The first-order valence-corrected chi connectivity index (χ1v) is 10.00. The predicted octanol–water partition coefficient (Wildman–Crippen LogP) is 3.71. The lowest BCUT2D eigenvalue weighted by Gasteiger charge is -2.28. The van der Waals surface area contributed by atoms with Crippen molar-refractivity contribution in [2.45, 2.75) is 59.3 Å². The Hall–Kier alpha value is -3.09. The molecule has 1 atom stereocenters. The number of ether oxygens (including phenoxy) is 2. The van der Waals surface area contributed by atoms with Gasteiger partial charge in [-0.3, -0.25) is 9.69 Å². The average molecular weight is 415 g/mol. The molecule has 0 spiro atoms. The number of hydrogen-bond acceptors (Lipinski definition) is 5. The summed E-state index contributed by atoms with van der Waals surface area (Å²) in [6, 6.07) is 8.44. The minimum absolute atomic E-state index is 0.0999. The number of allylic oxidation sites excluding steroid dienone is 1. The van der Waals surface area contributed by atoms with Crippen molar-refractivity contribution in [2.75, 3.05) is 6.54 Å². The number of benzene rings is 1. The van der Waals surface area contributed by atoms with Gasteiger partial charge in [0, 0.05) is 6.54 Å². The first-order chi connectivity index (χ1) is 14.1. The van der Waals surface area contributed by atoms with E-state index in [0.717, 1.165) is 5.56 Å². The molecule has 1 aromatic rings. The molecule has 1 aliphatic rings. The van der Waals surface area contributed by atoms with Crippen LogP contribution < -0.4 is 5.32 Å². The van der Waals surface area contributed by atoms with E-state index in [4.69, 9.17) is 9.47 Å². The minimum atomic E-state index is -0.860. The second-order valence-electron chi connectivity index (χ2n) is 8.07. The van der Waals surface area contributed by atoms with Gasteiger partial charge in [0.2, 0.25) is 0 Å². The molecule has 7 nitrogen and oxygen atoms in total. The van der Waals surface area contributed by atoms with Crippen LogP contribution in [-0.4, -0.2) is 41.1 Å². The summed E-state index contributed by atoms with van der Waals surface area (Å²) in [6.07, 6.45) is 3.31. The fourth-order valence-corrected chi connectivity index (χ4v) is 2.76. The molecule has 0 aliphatic carbocycles. The fraction of sp³-hybridized carbons (Fsp3) is 0.435. The molecule has 1 aliphatic heterocycles. The third kappa shape index (κ3) is 6.47. The molecule has 2 rings (SSSR count). The molecule has 30 heavy (non-hydrogen) atoms. The predicted molar refractivity (Wildman–Crippen MR) is 113 cm³/mol. The topological polar surface area (TPSA) is 84.9 Å². The quantitative estimate of drug-likeness (QED) is 0.436. The standard InChI is InChI=1S/C23H30N2O5/c1-6-16(2)19(21(27)29-15-17-11-8-7-9-12-17)24-20(26)18-13-10-14-25(18)22(28)30-23(3,4)5/h7-13,18H,6,14-15H2,1-5H3,(H,24,26)/b19-16+/t18-/m0/s1. The molecule has 1 heterocycles. The fourth-order valence-electron chi connectivity index (χ4n) is 2.76. The maximum atomic E-state index is 12.9. The maximum Gasteiger partial charge on any atom is 0.411 e. The second kappa shape index (κ2) is 10.1. The lowest BCUT2D eigenvalue weighted by atomic mass is 10.1. The van der Waals surface area contributed by atoms with E-state index >= 15 is 0 Å². The number of carbonyl (C=O) groups excluding carboxylic acids is 3. The normalized spacial score (nSPS) is 16.7. The van der Waals surface area contributed by atoms with Crippen molar-refractivity contribution < 1.29 is 23.9 Å². The van der Waals surface area contributed by atoms with E-state index < -0.39 is 29.6 Å². The summed E-state index contributed by atoms with van der Waals surface area (Å²) >= 11 is 0. The Morgan fingerprint density at radius 2 is 1.83 bits per heavy atom. The molecule has 1 aromatic carbocycles. The van der Waals surface area contributed by atoms with Crippen LogP contribution in [0.1, 0.15) is 46.6 Å². The number of amides is 2. The van der Waals surface area contributed by atoms with Crippen LogP contribution >= 0.6 is 0 Å². The van der Waals surface area contributed by atoms with Gasteiger partial charge < -0.3 is 14.8 Å². The molecule has 162 valence electrons. The Bertz CT molecular complexity index is 837. The third-order valence-corrected chi connectivity index (χ3v) is 4.48. The van der Waals surface area contributed by atoms with Gasteiger partial charge in [-0.25, -0.2) is 9.59 Å². The summed E-state index contributed by atoms with van der Waals surface area (Å²) in [6.45, 7) is 9.29. The molecular weight excluding hydrogens is 384 g/mol. The van der Waals surface area contributed by atoms with Crippen molar-refractivity contribution >= 4 is 18.0 Å². The van der Waals surface area contributed by atoms with Crippen LogP contribution in [0, 0.1) is 0 Å². The highest BCUT2D eigenvalue weighted by molar-refractivity contribution is 5.97. The van der Waals surface area contributed by atoms with Gasteiger partial charge in [0.05, 0.1) is 0 Å². The van der Waals surface area contributed by atoms with Gasteiger partial charge in [0.25, 0.3) is 5.91 Å². The van der Waals surface area contributed by atoms with Crippen LogP contribution in [0.4, 0.5) is 4.79 Å². The van der Waals surface area contributed by atoms with Crippen LogP contribution in [0.25, 0.3) is 0 Å². The molecule has 0 saturated heterocycles. The van der Waals surface area contributed by atoms with E-state index in [9.17, 15) is 14.4 Å². The molecule has 0 saturated carbocycles. The molecule has 0 fully saturated rings. The Morgan fingerprint density at radius 3 is 2.43 bits per heavy atom. The molecule has 0 radical (unpaired) electrons. The molecule has 0 bridgehead atoms. The van der Waals surface area contributed by atoms with Crippen LogP contribution in [0.2, 0.25) is 0 Å². The Labute approximate surface area is 177 Å². The van der Waals surface area contributed by atoms with Crippen LogP contribution in [-0.2, 0) is 25.7 Å². The largest absolute Gasteiger partial charge is 0.456 e. The van der Waals surface area contributed by atoms with E-state index in [2.05, 4.69) is 5.32 Å². The first kappa shape index (κ1) is 23.2. The zero-order chi connectivity index (χ0) is 22.3. The van der Waals surface area contributed by atoms with Crippen molar-refractivity contribution in [1.82, 2.24) is 10.2 Å². The van der Waals surface area contributed by atoms with E-state index in [0.29, 0.717) is 12.0 Å². The van der Waals surface area contributed by atoms with Gasteiger partial charge in [0.1, 0.15) is 23.9 Å². The number of esters is 1. The van der Waals surface area contributed by atoms with Gasteiger partial charge in [-0.05, 0) is 45.3 Å². The summed E-state index contributed by atoms with van der Waals surface area (Å²) in [7, 11) is 0. The average Bonchev–Trinajstić information content (AvgIpc) is 3.19. The highest BCUT2D eigenvalue weighted by Gasteiger charge is 2.34. The summed E-state index contributed by atoms with van der Waals surface area (Å²) in [5.41, 5.74) is 0.960. The van der Waals surface area contributed by atoms with Crippen LogP contribution in [0.5, 0.6) is 0 Å². The van der Waals surface area contributed by atoms with Gasteiger partial charge in [-0.2, -0.15) is 0 Å². The molecule has 2 amide bonds. The lowest BCUT2D eigenvalue weighted by Crippen LogP contribution is -2.48. The minimum Gasteiger partial charge on any atom is -0.456 e. The smallest absolute Gasteiger partial charge is 0.411 e. The zero-order valence-electron chi connectivity index (χ0n) is 18.2. The van der Waals surface area contributed by atoms with Crippen molar-refractivity contribution in [2.24, 2.45) is 0 Å². The highest BCUT2D eigenvalue weighted by Crippen LogP contribution is 2.18. The van der Waals surface area contributed by atoms with Gasteiger partial charge >= 0.3 is 12.1 Å². The molecule has 1 N–H and O–H groups in total. The number of hydrogen-bond donors (Lipinski definition) is 1. The lowest BCUT2D eigenvalue weighted by molar-refractivity contribution is -0.142. The van der Waals surface area contributed by atoms with Gasteiger partial charge in [0.15, 0.2) is 0 Å². The van der Waals surface area contributed by atoms with E-state index in [1.807, 2.05) is 37.3 Å². The van der Waals surface area contributed by atoms with E-state index in [1.54, 1.807) is 39.8 Å². The molecule has 0 unspecified atom stereocenters. The number of nitrogens with zero attached hydrogens (tertiary/aromatic N) is 1. The Kier molecular flexibility index (Phi) is 7.80. The van der Waals surface area contributed by atoms with Crippen LogP contribution in [0.15, 0.2) is 53.8 Å². The number of carbonyl (C=O) groups is 3. The Morgan fingerprint density at radius 1 is 1.17 bits per heavy atom. The molecule has 7 heteroatoms.